The Morgan fingerprint density at radius 2 is 1.79 bits per heavy atom. The van der Waals surface area contributed by atoms with Crippen molar-refractivity contribution in [3.63, 3.8) is 0 Å². The van der Waals surface area contributed by atoms with Crippen LogP contribution < -0.4 is 15.6 Å². The standard InChI is InChI=1S/C19H17ClN4O3S/c20-18-11-16(15-3-1-2-4-17(15)21-18)19(25)23-22-12-7-9-14(10-8-12)28(26,27)24-13-5-6-13/h1-4,7-11,13,22,24H,5-6H2,(H,23,25). The van der Waals surface area contributed by atoms with Crippen molar-refractivity contribution in [2.45, 2.75) is 23.8 Å². The first-order valence-electron chi connectivity index (χ1n) is 8.66. The number of carbonyl (C=O) groups is 1. The lowest BCUT2D eigenvalue weighted by atomic mass is 10.1. The van der Waals surface area contributed by atoms with Gasteiger partial charge in [0.05, 0.1) is 21.7 Å². The summed E-state index contributed by atoms with van der Waals surface area (Å²) in [6.07, 6.45) is 1.75. The van der Waals surface area contributed by atoms with Crippen molar-refractivity contribution in [3.8, 4) is 0 Å². The van der Waals surface area contributed by atoms with Crippen LogP contribution in [-0.2, 0) is 10.0 Å². The molecule has 1 heterocycles. The zero-order valence-electron chi connectivity index (χ0n) is 14.6. The van der Waals surface area contributed by atoms with Gasteiger partial charge in [0.2, 0.25) is 10.0 Å². The number of hydrogen-bond acceptors (Lipinski definition) is 5. The average molecular weight is 417 g/mol. The van der Waals surface area contributed by atoms with Gasteiger partial charge in [-0.15, -0.1) is 0 Å². The lowest BCUT2D eigenvalue weighted by molar-refractivity contribution is 0.0964. The summed E-state index contributed by atoms with van der Waals surface area (Å²) in [6.45, 7) is 0. The molecule has 4 rings (SSSR count). The van der Waals surface area contributed by atoms with Crippen molar-refractivity contribution < 1.29 is 13.2 Å². The van der Waals surface area contributed by atoms with Gasteiger partial charge in [-0.3, -0.25) is 15.6 Å². The summed E-state index contributed by atoms with van der Waals surface area (Å²) in [5, 5.41) is 0.903. The predicted octanol–water partition coefficient (Wildman–Crippen LogP) is 3.09. The number of hydrogen-bond donors (Lipinski definition) is 3. The number of pyridine rings is 1. The Labute approximate surface area is 167 Å². The zero-order chi connectivity index (χ0) is 19.7. The van der Waals surface area contributed by atoms with Gasteiger partial charge in [0.15, 0.2) is 0 Å². The summed E-state index contributed by atoms with van der Waals surface area (Å²) in [7, 11) is -3.50. The maximum atomic E-state index is 12.6. The van der Waals surface area contributed by atoms with Crippen LogP contribution in [0.2, 0.25) is 5.15 Å². The first-order chi connectivity index (χ1) is 13.4. The molecule has 7 nitrogen and oxygen atoms in total. The van der Waals surface area contributed by atoms with E-state index < -0.39 is 10.0 Å². The van der Waals surface area contributed by atoms with Crippen molar-refractivity contribution >= 4 is 44.1 Å². The number of aromatic nitrogens is 1. The Bertz CT molecular complexity index is 1150. The second-order valence-corrected chi connectivity index (χ2v) is 8.61. The number of rotatable bonds is 6. The highest BCUT2D eigenvalue weighted by Crippen LogP contribution is 2.23. The highest BCUT2D eigenvalue weighted by Gasteiger charge is 2.27. The second-order valence-electron chi connectivity index (χ2n) is 6.51. The third-order valence-corrected chi connectivity index (χ3v) is 6.04. The molecule has 0 radical (unpaired) electrons. The molecule has 2 aromatic carbocycles. The molecular formula is C19H17ClN4O3S. The highest BCUT2D eigenvalue weighted by atomic mass is 35.5. The first kappa shape index (κ1) is 18.7. The lowest BCUT2D eigenvalue weighted by Gasteiger charge is -2.11. The van der Waals surface area contributed by atoms with Gasteiger partial charge in [0, 0.05) is 11.4 Å². The molecule has 1 aliphatic rings. The van der Waals surface area contributed by atoms with E-state index in [1.807, 2.05) is 12.1 Å². The Hall–Kier alpha value is -2.68. The summed E-state index contributed by atoms with van der Waals surface area (Å²) in [5.74, 6) is -0.382. The molecular weight excluding hydrogens is 400 g/mol. The van der Waals surface area contributed by atoms with Crippen molar-refractivity contribution in [1.29, 1.82) is 0 Å². The van der Waals surface area contributed by atoms with E-state index in [0.29, 0.717) is 22.2 Å². The monoisotopic (exact) mass is 416 g/mol. The topological polar surface area (TPSA) is 100 Å². The van der Waals surface area contributed by atoms with E-state index in [2.05, 4.69) is 20.6 Å². The SMILES string of the molecule is O=C(NNc1ccc(S(=O)(=O)NC2CC2)cc1)c1cc(Cl)nc2ccccc12. The molecule has 3 aromatic rings. The molecule has 0 unspecified atom stereocenters. The summed E-state index contributed by atoms with van der Waals surface area (Å²) in [6, 6.07) is 14.9. The Morgan fingerprint density at radius 3 is 2.50 bits per heavy atom. The fraction of sp³-hybridized carbons (Fsp3) is 0.158. The molecule has 0 spiro atoms. The minimum Gasteiger partial charge on any atom is -0.298 e. The van der Waals surface area contributed by atoms with Crippen molar-refractivity contribution in [2.24, 2.45) is 0 Å². The number of anilines is 1. The van der Waals surface area contributed by atoms with Gasteiger partial charge >= 0.3 is 0 Å². The Morgan fingerprint density at radius 1 is 1.07 bits per heavy atom. The van der Waals surface area contributed by atoms with Gasteiger partial charge in [0.25, 0.3) is 5.91 Å². The number of benzene rings is 2. The van der Waals surface area contributed by atoms with E-state index >= 15 is 0 Å². The van der Waals surface area contributed by atoms with Gasteiger partial charge in [0.1, 0.15) is 5.15 Å². The van der Waals surface area contributed by atoms with Crippen LogP contribution in [0.15, 0.2) is 59.5 Å². The van der Waals surface area contributed by atoms with E-state index in [0.717, 1.165) is 12.8 Å². The predicted molar refractivity (Wildman–Crippen MR) is 108 cm³/mol. The quantitative estimate of drug-likeness (QED) is 0.423. The first-order valence-corrected chi connectivity index (χ1v) is 10.5. The molecule has 1 aliphatic carbocycles. The van der Waals surface area contributed by atoms with E-state index in [-0.39, 0.29) is 22.0 Å². The van der Waals surface area contributed by atoms with Crippen LogP contribution in [0.5, 0.6) is 0 Å². The largest absolute Gasteiger partial charge is 0.298 e. The Balaban J connectivity index is 1.47. The maximum Gasteiger partial charge on any atom is 0.270 e. The van der Waals surface area contributed by atoms with Crippen LogP contribution in [0.4, 0.5) is 5.69 Å². The van der Waals surface area contributed by atoms with E-state index in [1.54, 1.807) is 24.3 Å². The lowest BCUT2D eigenvalue weighted by Crippen LogP contribution is -2.29. The van der Waals surface area contributed by atoms with E-state index in [4.69, 9.17) is 11.6 Å². The van der Waals surface area contributed by atoms with Gasteiger partial charge in [-0.2, -0.15) is 0 Å². The van der Waals surface area contributed by atoms with Crippen LogP contribution in [0.3, 0.4) is 0 Å². The van der Waals surface area contributed by atoms with Crippen LogP contribution in [0.25, 0.3) is 10.9 Å². The smallest absolute Gasteiger partial charge is 0.270 e. The summed E-state index contributed by atoms with van der Waals surface area (Å²) in [4.78, 5) is 17.0. The minimum absolute atomic E-state index is 0.0455. The molecule has 3 N–H and O–H groups in total. The average Bonchev–Trinajstić information content (AvgIpc) is 3.49. The van der Waals surface area contributed by atoms with Gasteiger partial charge in [-0.25, -0.2) is 18.1 Å². The van der Waals surface area contributed by atoms with Crippen molar-refractivity contribution in [2.75, 3.05) is 5.43 Å². The minimum atomic E-state index is -3.50. The van der Waals surface area contributed by atoms with Crippen LogP contribution in [-0.4, -0.2) is 25.4 Å². The second kappa shape index (κ2) is 7.38. The van der Waals surface area contributed by atoms with Crippen molar-refractivity contribution in [3.05, 3.63) is 65.3 Å². The van der Waals surface area contributed by atoms with Gasteiger partial charge in [-0.05, 0) is 49.2 Å². The molecule has 0 saturated heterocycles. The normalized spacial score (nSPS) is 14.0. The highest BCUT2D eigenvalue weighted by molar-refractivity contribution is 7.89. The van der Waals surface area contributed by atoms with Crippen LogP contribution in [0.1, 0.15) is 23.2 Å². The third-order valence-electron chi connectivity index (χ3n) is 4.31. The molecule has 1 aromatic heterocycles. The molecule has 1 amide bonds. The van der Waals surface area contributed by atoms with E-state index in [1.165, 1.54) is 18.2 Å². The van der Waals surface area contributed by atoms with Gasteiger partial charge in [-0.1, -0.05) is 29.8 Å². The summed E-state index contributed by atoms with van der Waals surface area (Å²) < 4.78 is 27.0. The molecule has 144 valence electrons. The molecule has 1 saturated carbocycles. The number of sulfonamides is 1. The zero-order valence-corrected chi connectivity index (χ0v) is 16.2. The maximum absolute atomic E-state index is 12.6. The fourth-order valence-corrected chi connectivity index (χ4v) is 4.24. The van der Waals surface area contributed by atoms with Gasteiger partial charge < -0.3 is 0 Å². The number of amides is 1. The third kappa shape index (κ3) is 4.09. The van der Waals surface area contributed by atoms with Crippen LogP contribution >= 0.6 is 11.6 Å². The number of carbonyl (C=O) groups excluding carboxylic acids is 1. The van der Waals surface area contributed by atoms with Crippen LogP contribution in [0, 0.1) is 0 Å². The molecule has 1 fully saturated rings. The number of halogens is 1. The fourth-order valence-electron chi connectivity index (χ4n) is 2.73. The summed E-state index contributed by atoms with van der Waals surface area (Å²) >= 11 is 6.01. The molecule has 28 heavy (non-hydrogen) atoms. The molecule has 0 bridgehead atoms. The number of nitrogens with one attached hydrogen (secondary N) is 3. The molecule has 9 heteroatoms. The molecule has 0 aliphatic heterocycles. The summed E-state index contributed by atoms with van der Waals surface area (Å²) in [5.41, 5.74) is 6.93. The number of hydrazine groups is 1. The van der Waals surface area contributed by atoms with E-state index in [9.17, 15) is 13.2 Å². The number of para-hydroxylation sites is 1. The number of fused-ring (bicyclic) bond motifs is 1. The Kier molecular flexibility index (Phi) is 4.92. The number of nitrogens with zero attached hydrogens (tertiary/aromatic N) is 1. The van der Waals surface area contributed by atoms with Crippen molar-refractivity contribution in [1.82, 2.24) is 15.1 Å². The molecule has 0 atom stereocenters.